The number of nitrogens with two attached hydrogens (primary N) is 2. The molecular weight excluding hydrogens is 304 g/mol. The molecule has 0 aliphatic carbocycles. The van der Waals surface area contributed by atoms with Crippen LogP contribution in [0, 0.1) is 0 Å². The highest BCUT2D eigenvalue weighted by Gasteiger charge is 2.42. The Labute approximate surface area is 135 Å². The standard InChI is InChI=1S/C14H28N4O5/c1-2-5-17-6-3-4-9(15)8-18(16)11-7-10(19)12(20)13(23-11)14(21)22/h8,10-13,17,19-20H,2-7,15-16H2,1H3,(H,21,22)/b9-8-. The predicted octanol–water partition coefficient (Wildman–Crippen LogP) is -1.34. The Morgan fingerprint density at radius 3 is 2.74 bits per heavy atom. The molecule has 0 saturated carbocycles. The van der Waals surface area contributed by atoms with Crippen LogP contribution in [0.5, 0.6) is 0 Å². The summed E-state index contributed by atoms with van der Waals surface area (Å²) in [7, 11) is 0. The van der Waals surface area contributed by atoms with E-state index in [0.717, 1.165) is 30.9 Å². The molecule has 9 nitrogen and oxygen atoms in total. The minimum Gasteiger partial charge on any atom is -0.479 e. The Hall–Kier alpha value is -1.39. The van der Waals surface area contributed by atoms with Crippen LogP contribution in [-0.2, 0) is 9.53 Å². The van der Waals surface area contributed by atoms with E-state index in [1.54, 1.807) is 0 Å². The first-order valence-electron chi connectivity index (χ1n) is 7.81. The average Bonchev–Trinajstić information content (AvgIpc) is 2.49. The van der Waals surface area contributed by atoms with Crippen molar-refractivity contribution in [3.05, 3.63) is 11.9 Å². The molecule has 4 unspecified atom stereocenters. The number of aliphatic hydroxyl groups is 2. The van der Waals surface area contributed by atoms with E-state index in [4.69, 9.17) is 21.4 Å². The van der Waals surface area contributed by atoms with Gasteiger partial charge in [-0.25, -0.2) is 10.6 Å². The van der Waals surface area contributed by atoms with E-state index in [-0.39, 0.29) is 6.42 Å². The molecule has 1 aliphatic rings. The summed E-state index contributed by atoms with van der Waals surface area (Å²) in [6, 6.07) is 0. The smallest absolute Gasteiger partial charge is 0.335 e. The van der Waals surface area contributed by atoms with Gasteiger partial charge in [-0.05, 0) is 32.4 Å². The van der Waals surface area contributed by atoms with Crippen molar-refractivity contribution in [1.29, 1.82) is 0 Å². The molecule has 0 aromatic carbocycles. The number of carbonyl (C=O) groups is 1. The monoisotopic (exact) mass is 332 g/mol. The first-order valence-corrected chi connectivity index (χ1v) is 7.81. The van der Waals surface area contributed by atoms with Gasteiger partial charge in [0.25, 0.3) is 0 Å². The summed E-state index contributed by atoms with van der Waals surface area (Å²) >= 11 is 0. The number of nitrogens with one attached hydrogen (secondary N) is 1. The Morgan fingerprint density at radius 1 is 1.43 bits per heavy atom. The Kier molecular flexibility index (Phi) is 8.28. The number of rotatable bonds is 9. The van der Waals surface area contributed by atoms with Crippen molar-refractivity contribution in [2.75, 3.05) is 13.1 Å². The van der Waals surface area contributed by atoms with Crippen LogP contribution in [0.1, 0.15) is 32.6 Å². The van der Waals surface area contributed by atoms with E-state index in [1.807, 2.05) is 0 Å². The van der Waals surface area contributed by atoms with E-state index in [2.05, 4.69) is 12.2 Å². The van der Waals surface area contributed by atoms with Gasteiger partial charge in [-0.15, -0.1) is 0 Å². The third kappa shape index (κ3) is 6.32. The third-order valence-electron chi connectivity index (χ3n) is 3.59. The number of aliphatic hydroxyl groups excluding tert-OH is 2. The van der Waals surface area contributed by atoms with Crippen molar-refractivity contribution in [2.45, 2.75) is 57.1 Å². The first-order chi connectivity index (χ1) is 10.9. The van der Waals surface area contributed by atoms with E-state index in [9.17, 15) is 15.0 Å². The summed E-state index contributed by atoms with van der Waals surface area (Å²) in [6.07, 6.45) is -1.10. The molecule has 0 spiro atoms. The second kappa shape index (κ2) is 9.68. The summed E-state index contributed by atoms with van der Waals surface area (Å²) in [5.41, 5.74) is 6.41. The van der Waals surface area contributed by atoms with Gasteiger partial charge in [-0.1, -0.05) is 6.92 Å². The highest BCUT2D eigenvalue weighted by atomic mass is 16.6. The first kappa shape index (κ1) is 19.7. The molecular formula is C14H28N4O5. The van der Waals surface area contributed by atoms with E-state index in [1.165, 1.54) is 6.20 Å². The molecule has 0 radical (unpaired) electrons. The maximum absolute atomic E-state index is 11.0. The molecule has 134 valence electrons. The number of hydrogen-bond acceptors (Lipinski definition) is 8. The molecule has 1 saturated heterocycles. The number of allylic oxidation sites excluding steroid dienone is 1. The molecule has 0 aromatic heterocycles. The molecule has 1 rings (SSSR count). The van der Waals surface area contributed by atoms with Crippen LogP contribution in [0.15, 0.2) is 11.9 Å². The topological polar surface area (TPSA) is 154 Å². The van der Waals surface area contributed by atoms with Crippen molar-refractivity contribution in [3.8, 4) is 0 Å². The number of hydrogen-bond donors (Lipinski definition) is 6. The van der Waals surface area contributed by atoms with Crippen LogP contribution >= 0.6 is 0 Å². The normalized spacial score (nSPS) is 28.6. The lowest BCUT2D eigenvalue weighted by Crippen LogP contribution is -2.56. The van der Waals surface area contributed by atoms with Crippen molar-refractivity contribution in [1.82, 2.24) is 10.3 Å². The summed E-state index contributed by atoms with van der Waals surface area (Å²) in [5.74, 6) is 4.47. The zero-order chi connectivity index (χ0) is 17.4. The second-order valence-electron chi connectivity index (χ2n) is 5.65. The summed E-state index contributed by atoms with van der Waals surface area (Å²) in [5, 5.41) is 32.7. The lowest BCUT2D eigenvalue weighted by molar-refractivity contribution is -0.213. The molecule has 1 heterocycles. The quantitative estimate of drug-likeness (QED) is 0.171. The molecule has 23 heavy (non-hydrogen) atoms. The fraction of sp³-hybridized carbons (Fsp3) is 0.786. The molecule has 4 atom stereocenters. The predicted molar refractivity (Wildman–Crippen MR) is 83.6 cm³/mol. The zero-order valence-electron chi connectivity index (χ0n) is 13.4. The van der Waals surface area contributed by atoms with Gasteiger partial charge < -0.3 is 31.1 Å². The van der Waals surface area contributed by atoms with Crippen LogP contribution in [0.3, 0.4) is 0 Å². The highest BCUT2D eigenvalue weighted by Crippen LogP contribution is 2.22. The fourth-order valence-electron chi connectivity index (χ4n) is 2.31. The molecule has 9 heteroatoms. The van der Waals surface area contributed by atoms with Crippen molar-refractivity contribution in [2.24, 2.45) is 11.6 Å². The molecule has 1 aliphatic heterocycles. The van der Waals surface area contributed by atoms with Gasteiger partial charge in [0.2, 0.25) is 0 Å². The second-order valence-corrected chi connectivity index (χ2v) is 5.65. The summed E-state index contributed by atoms with van der Waals surface area (Å²) in [6.45, 7) is 3.89. The minimum absolute atomic E-state index is 0.0106. The summed E-state index contributed by atoms with van der Waals surface area (Å²) < 4.78 is 5.23. The molecule has 8 N–H and O–H groups in total. The van der Waals surface area contributed by atoms with E-state index < -0.39 is 30.5 Å². The number of carboxylic acid groups (broad SMARTS) is 1. The van der Waals surface area contributed by atoms with E-state index in [0.29, 0.717) is 12.1 Å². The minimum atomic E-state index is -1.53. The van der Waals surface area contributed by atoms with Crippen molar-refractivity contribution in [3.63, 3.8) is 0 Å². The maximum Gasteiger partial charge on any atom is 0.335 e. The van der Waals surface area contributed by atoms with Gasteiger partial charge in [0.1, 0.15) is 12.3 Å². The van der Waals surface area contributed by atoms with Gasteiger partial charge in [0.05, 0.1) is 6.10 Å². The Balaban J connectivity index is 2.50. The summed E-state index contributed by atoms with van der Waals surface area (Å²) in [4.78, 5) is 11.0. The van der Waals surface area contributed by atoms with Gasteiger partial charge in [0, 0.05) is 18.3 Å². The number of hydrazine groups is 1. The van der Waals surface area contributed by atoms with Crippen LogP contribution < -0.4 is 16.9 Å². The largest absolute Gasteiger partial charge is 0.479 e. The van der Waals surface area contributed by atoms with Crippen LogP contribution in [0.4, 0.5) is 0 Å². The van der Waals surface area contributed by atoms with Gasteiger partial charge in [-0.2, -0.15) is 0 Å². The number of aliphatic carboxylic acids is 1. The Morgan fingerprint density at radius 2 is 2.13 bits per heavy atom. The maximum atomic E-state index is 11.0. The number of nitrogens with zero attached hydrogens (tertiary/aromatic N) is 1. The number of carboxylic acids is 1. The van der Waals surface area contributed by atoms with Crippen LogP contribution in [0.25, 0.3) is 0 Å². The molecule has 0 aromatic rings. The molecule has 1 fully saturated rings. The van der Waals surface area contributed by atoms with Crippen molar-refractivity contribution < 1.29 is 24.9 Å². The third-order valence-corrected chi connectivity index (χ3v) is 3.59. The van der Waals surface area contributed by atoms with Gasteiger partial charge in [0.15, 0.2) is 6.10 Å². The van der Waals surface area contributed by atoms with Gasteiger partial charge in [-0.3, -0.25) is 5.01 Å². The average molecular weight is 332 g/mol. The van der Waals surface area contributed by atoms with Crippen LogP contribution in [0.2, 0.25) is 0 Å². The van der Waals surface area contributed by atoms with Crippen molar-refractivity contribution >= 4 is 5.97 Å². The lowest BCUT2D eigenvalue weighted by atomic mass is 10.0. The molecule has 0 amide bonds. The SMILES string of the molecule is CCCNCCC/C(N)=C/N(N)C1CC(O)C(O)C(C(=O)O)O1. The number of ether oxygens (including phenoxy) is 1. The van der Waals surface area contributed by atoms with E-state index >= 15 is 0 Å². The fourth-order valence-corrected chi connectivity index (χ4v) is 2.31. The van der Waals surface area contributed by atoms with Crippen LogP contribution in [-0.4, -0.2) is 63.9 Å². The Bertz CT molecular complexity index is 407. The lowest BCUT2D eigenvalue weighted by Gasteiger charge is -2.38. The van der Waals surface area contributed by atoms with Gasteiger partial charge >= 0.3 is 5.97 Å². The molecule has 0 bridgehead atoms. The highest BCUT2D eigenvalue weighted by molar-refractivity contribution is 5.73. The zero-order valence-corrected chi connectivity index (χ0v) is 13.4.